The number of aliphatic hydroxyl groups is 3. The van der Waals surface area contributed by atoms with Crippen molar-refractivity contribution in [3.8, 4) is 5.75 Å². The highest BCUT2D eigenvalue weighted by Gasteiger charge is 2.52. The number of fused-ring (bicyclic) bond motifs is 2. The molecule has 9 nitrogen and oxygen atoms in total. The van der Waals surface area contributed by atoms with Gasteiger partial charge in [-0.3, -0.25) is 14.5 Å². The van der Waals surface area contributed by atoms with Crippen molar-refractivity contribution in [3.05, 3.63) is 94.5 Å². The molecule has 2 amide bonds. The molecule has 3 aromatic rings. The van der Waals surface area contributed by atoms with Crippen molar-refractivity contribution in [2.75, 3.05) is 36.2 Å². The Bertz CT molecular complexity index is 1580. The van der Waals surface area contributed by atoms with Crippen LogP contribution in [-0.4, -0.2) is 59.5 Å². The van der Waals surface area contributed by atoms with E-state index in [0.717, 1.165) is 29.0 Å². The average Bonchev–Trinajstić information content (AvgIpc) is 3.26. The predicted molar refractivity (Wildman–Crippen MR) is 180 cm³/mol. The van der Waals surface area contributed by atoms with Crippen LogP contribution in [0, 0.1) is 5.92 Å². The number of ether oxygens (including phenoxy) is 1. The van der Waals surface area contributed by atoms with Gasteiger partial charge in [0.2, 0.25) is 5.91 Å². The van der Waals surface area contributed by atoms with Gasteiger partial charge in [-0.15, -0.1) is 0 Å². The largest absolute Gasteiger partial charge is 0.494 e. The standard InChI is InChI=1S/C36H42ClN3O6/c1-3-46-29-14-16-32-26(20-29)21-31(38-17-5-7-19-42)34(43)40(32)28-12-9-25(10-13-28)23-39-33-15-11-27(37)22-30(33)36(45,35(39)44)24(2)8-4-6-18-41/h4,8-16,20,22,24,31,38,41-42,45H,3,5-7,17-19,21,23H2,1-2H3/b8-4+/t24-,31?,36+/m1/s1. The summed E-state index contributed by atoms with van der Waals surface area (Å²) in [6.45, 7) is 5.16. The Morgan fingerprint density at radius 1 is 1.04 bits per heavy atom. The molecule has 0 fully saturated rings. The van der Waals surface area contributed by atoms with Gasteiger partial charge >= 0.3 is 0 Å². The van der Waals surface area contributed by atoms with E-state index in [4.69, 9.17) is 21.4 Å². The summed E-state index contributed by atoms with van der Waals surface area (Å²) < 4.78 is 5.74. The van der Waals surface area contributed by atoms with Gasteiger partial charge in [-0.25, -0.2) is 0 Å². The Morgan fingerprint density at radius 3 is 2.52 bits per heavy atom. The molecule has 46 heavy (non-hydrogen) atoms. The van der Waals surface area contributed by atoms with Crippen molar-refractivity contribution >= 4 is 40.5 Å². The summed E-state index contributed by atoms with van der Waals surface area (Å²) in [5.74, 6) is -0.327. The first-order valence-corrected chi connectivity index (χ1v) is 16.3. The quantitative estimate of drug-likeness (QED) is 0.144. The number of hydrogen-bond acceptors (Lipinski definition) is 7. The van der Waals surface area contributed by atoms with Crippen LogP contribution in [0.3, 0.4) is 0 Å². The van der Waals surface area contributed by atoms with Crippen molar-refractivity contribution < 1.29 is 29.6 Å². The van der Waals surface area contributed by atoms with E-state index in [1.807, 2.05) is 49.4 Å². The third-order valence-electron chi connectivity index (χ3n) is 8.67. The van der Waals surface area contributed by atoms with Gasteiger partial charge in [0, 0.05) is 35.4 Å². The number of benzene rings is 3. The molecule has 2 aliphatic heterocycles. The molecule has 0 bridgehead atoms. The number of aliphatic hydroxyl groups excluding tert-OH is 2. The van der Waals surface area contributed by atoms with Crippen molar-refractivity contribution in [1.82, 2.24) is 5.32 Å². The molecule has 0 aromatic heterocycles. The third-order valence-corrected chi connectivity index (χ3v) is 8.90. The minimum atomic E-state index is -1.81. The minimum Gasteiger partial charge on any atom is -0.494 e. The fourth-order valence-electron chi connectivity index (χ4n) is 6.24. The summed E-state index contributed by atoms with van der Waals surface area (Å²) in [6, 6.07) is 17.9. The molecule has 10 heteroatoms. The maximum Gasteiger partial charge on any atom is 0.264 e. The lowest BCUT2D eigenvalue weighted by atomic mass is 9.83. The molecular weight excluding hydrogens is 606 g/mol. The molecule has 3 atom stereocenters. The van der Waals surface area contributed by atoms with Crippen molar-refractivity contribution in [2.45, 2.75) is 57.7 Å². The lowest BCUT2D eigenvalue weighted by Gasteiger charge is -2.35. The summed E-state index contributed by atoms with van der Waals surface area (Å²) >= 11 is 6.31. The summed E-state index contributed by atoms with van der Waals surface area (Å²) in [6.07, 6.45) is 5.88. The number of anilines is 3. The molecule has 0 spiro atoms. The number of unbranched alkanes of at least 4 members (excludes halogenated alkanes) is 1. The zero-order valence-corrected chi connectivity index (χ0v) is 27.0. The van der Waals surface area contributed by atoms with E-state index >= 15 is 0 Å². The van der Waals surface area contributed by atoms with Gasteiger partial charge < -0.3 is 30.3 Å². The second-order valence-corrected chi connectivity index (χ2v) is 12.2. The fraction of sp³-hybridized carbons (Fsp3) is 0.389. The predicted octanol–water partition coefficient (Wildman–Crippen LogP) is 5.00. The number of carbonyl (C=O) groups is 2. The third kappa shape index (κ3) is 6.70. The first-order valence-electron chi connectivity index (χ1n) is 15.9. The van der Waals surface area contributed by atoms with Crippen LogP contribution in [-0.2, 0) is 28.2 Å². The van der Waals surface area contributed by atoms with Crippen LogP contribution in [0.2, 0.25) is 5.02 Å². The van der Waals surface area contributed by atoms with Crippen LogP contribution in [0.4, 0.5) is 17.1 Å². The maximum absolute atomic E-state index is 13.9. The average molecular weight is 648 g/mol. The summed E-state index contributed by atoms with van der Waals surface area (Å²) in [5, 5.41) is 34.0. The number of amides is 2. The number of halogens is 1. The van der Waals surface area contributed by atoms with Gasteiger partial charge in [0.25, 0.3) is 5.91 Å². The lowest BCUT2D eigenvalue weighted by Crippen LogP contribution is -2.49. The summed E-state index contributed by atoms with van der Waals surface area (Å²) in [5.41, 5.74) is 2.53. The fourth-order valence-corrected chi connectivity index (χ4v) is 6.42. The Kier molecular flexibility index (Phi) is 10.8. The second kappa shape index (κ2) is 14.8. The molecule has 2 aliphatic rings. The number of hydrogen-bond donors (Lipinski definition) is 4. The van der Waals surface area contributed by atoms with Gasteiger partial charge in [-0.2, -0.15) is 0 Å². The number of carbonyl (C=O) groups excluding carboxylic acids is 2. The molecule has 0 aliphatic carbocycles. The van der Waals surface area contributed by atoms with Crippen molar-refractivity contribution in [2.24, 2.45) is 5.92 Å². The van der Waals surface area contributed by atoms with Gasteiger partial charge in [-0.05, 0) is 98.8 Å². The van der Waals surface area contributed by atoms with Crippen LogP contribution in [0.1, 0.15) is 49.8 Å². The van der Waals surface area contributed by atoms with Gasteiger partial charge in [0.1, 0.15) is 5.75 Å². The highest BCUT2D eigenvalue weighted by atomic mass is 35.5. The second-order valence-electron chi connectivity index (χ2n) is 11.8. The van der Waals surface area contributed by atoms with E-state index in [-0.39, 0.29) is 25.7 Å². The Balaban J connectivity index is 1.42. The molecular formula is C36H42ClN3O6. The SMILES string of the molecule is CCOc1ccc2c(c1)CC(NCCCCO)C(=O)N2c1ccc(CN2C(=O)[C@](O)([C@H](C)/C=C/CCO)c3cc(Cl)ccc32)cc1. The molecule has 0 radical (unpaired) electrons. The van der Waals surface area contributed by atoms with Gasteiger partial charge in [0.05, 0.1) is 30.6 Å². The van der Waals surface area contributed by atoms with Crippen LogP contribution in [0.15, 0.2) is 72.8 Å². The normalized spacial score (nSPS) is 19.9. The molecule has 244 valence electrons. The first kappa shape index (κ1) is 33.6. The Labute approximate surface area is 275 Å². The topological polar surface area (TPSA) is 123 Å². The van der Waals surface area contributed by atoms with Crippen LogP contribution in [0.5, 0.6) is 5.75 Å². The van der Waals surface area contributed by atoms with E-state index in [1.54, 1.807) is 47.1 Å². The zero-order valence-electron chi connectivity index (χ0n) is 26.3. The molecule has 5 rings (SSSR count). The number of rotatable bonds is 14. The molecule has 2 heterocycles. The summed E-state index contributed by atoms with van der Waals surface area (Å²) in [7, 11) is 0. The lowest BCUT2D eigenvalue weighted by molar-refractivity contribution is -0.139. The van der Waals surface area contributed by atoms with E-state index in [9.17, 15) is 19.8 Å². The van der Waals surface area contributed by atoms with Crippen molar-refractivity contribution in [1.29, 1.82) is 0 Å². The van der Waals surface area contributed by atoms with Crippen molar-refractivity contribution in [3.63, 3.8) is 0 Å². The number of nitrogens with zero attached hydrogens (tertiary/aromatic N) is 2. The maximum atomic E-state index is 13.9. The van der Waals surface area contributed by atoms with Crippen LogP contribution in [0.25, 0.3) is 0 Å². The van der Waals surface area contributed by atoms with E-state index in [1.165, 1.54) is 0 Å². The Morgan fingerprint density at radius 2 is 1.80 bits per heavy atom. The smallest absolute Gasteiger partial charge is 0.264 e. The van der Waals surface area contributed by atoms with Crippen LogP contribution < -0.4 is 19.9 Å². The van der Waals surface area contributed by atoms with Gasteiger partial charge in [0.15, 0.2) is 5.60 Å². The molecule has 1 unspecified atom stereocenters. The number of nitrogens with one attached hydrogen (secondary N) is 1. The van der Waals surface area contributed by atoms with E-state index in [2.05, 4.69) is 5.32 Å². The first-order chi connectivity index (χ1) is 22.2. The van der Waals surface area contributed by atoms with E-state index in [0.29, 0.717) is 54.4 Å². The molecule has 0 saturated carbocycles. The van der Waals surface area contributed by atoms with Gasteiger partial charge in [-0.1, -0.05) is 42.8 Å². The molecule has 3 aromatic carbocycles. The highest BCUT2D eigenvalue weighted by molar-refractivity contribution is 6.31. The monoisotopic (exact) mass is 647 g/mol. The highest BCUT2D eigenvalue weighted by Crippen LogP contribution is 2.47. The molecule has 0 saturated heterocycles. The zero-order chi connectivity index (χ0) is 32.8. The Hall–Kier alpha value is -3.73. The minimum absolute atomic E-state index is 0.0230. The van der Waals surface area contributed by atoms with E-state index < -0.39 is 23.5 Å². The van der Waals surface area contributed by atoms with Crippen LogP contribution >= 0.6 is 11.6 Å². The molecule has 4 N–H and O–H groups in total. The summed E-state index contributed by atoms with van der Waals surface area (Å²) in [4.78, 5) is 31.0.